The molecule has 2 aromatic carbocycles. The predicted octanol–water partition coefficient (Wildman–Crippen LogP) is 0.241. The maximum atomic E-state index is 14.1. The molecule has 2 unspecified atom stereocenters. The first-order valence-electron chi connectivity index (χ1n) is 13.8. The number of likely N-dealkylation sites (N-methyl/N-ethyl adjacent to an activating group) is 1. The zero-order chi connectivity index (χ0) is 32.4. The van der Waals surface area contributed by atoms with Gasteiger partial charge in [0.1, 0.15) is 5.75 Å². The molecule has 6 atom stereocenters. The number of benzene rings is 2. The first kappa shape index (κ1) is 30.5. The number of anilines is 1. The summed E-state index contributed by atoms with van der Waals surface area (Å²) in [6.45, 7) is 0. The largest absolute Gasteiger partial charge is 0.506 e. The molecule has 228 valence electrons. The number of phenolic OH excluding ortho intramolecular Hbond substituents is 1. The van der Waals surface area contributed by atoms with E-state index in [1.165, 1.54) is 43.3 Å². The summed E-state index contributed by atoms with van der Waals surface area (Å²) in [7, 11) is 6.50. The fourth-order valence-electron chi connectivity index (χ4n) is 6.95. The molecule has 2 aromatic rings. The normalized spacial score (nSPS) is 27.5. The second kappa shape index (κ2) is 10.7. The van der Waals surface area contributed by atoms with Crippen molar-refractivity contribution in [3.8, 4) is 17.6 Å². The van der Waals surface area contributed by atoms with E-state index in [1.54, 1.807) is 25.1 Å². The van der Waals surface area contributed by atoms with Crippen LogP contribution in [0.5, 0.6) is 5.75 Å². The van der Waals surface area contributed by atoms with Gasteiger partial charge in [-0.15, -0.1) is 0 Å². The number of carbonyl (C=O) groups is 5. The van der Waals surface area contributed by atoms with Crippen LogP contribution in [0.3, 0.4) is 0 Å². The van der Waals surface area contributed by atoms with Crippen molar-refractivity contribution in [2.45, 2.75) is 24.5 Å². The average molecular weight is 603 g/mol. The first-order chi connectivity index (χ1) is 20.6. The van der Waals surface area contributed by atoms with Crippen LogP contribution >= 0.6 is 0 Å². The van der Waals surface area contributed by atoms with Crippen LogP contribution in [0.25, 0.3) is 0 Å². The summed E-state index contributed by atoms with van der Waals surface area (Å²) in [6, 6.07) is 5.84. The Balaban J connectivity index is 1.62. The Hall–Kier alpha value is -4.93. The fourth-order valence-corrected chi connectivity index (χ4v) is 6.95. The number of nitro groups is 1. The second-order valence-corrected chi connectivity index (χ2v) is 11.9. The topological polar surface area (TPSA) is 201 Å². The van der Waals surface area contributed by atoms with E-state index in [1.807, 2.05) is 0 Å². The van der Waals surface area contributed by atoms with Crippen LogP contribution in [0, 0.1) is 45.6 Å². The highest BCUT2D eigenvalue weighted by atomic mass is 16.6. The van der Waals surface area contributed by atoms with Gasteiger partial charge in [0.2, 0.25) is 5.91 Å². The van der Waals surface area contributed by atoms with Crippen LogP contribution in [-0.2, 0) is 25.6 Å². The number of rotatable bonds is 4. The standard InChI is InChI=1S/C31H30N4O9/c1-33(2)20-13-15(8-5-14-6-9-17(10-7-14)35(43)44)25(36)22-18(20)11-16-12-19-24(34(3)4)27(38)23(30(32)41)29(40)31(19,42)28(39)21(16)26(22)37/h6-7,9-10,13,16,19,21,23-24,36,42H,11-12H2,1-4H3,(H2,32,41)/t16-,19-,21?,23?,24-,31-/m0/s1. The summed E-state index contributed by atoms with van der Waals surface area (Å²) in [5.41, 5.74) is 3.71. The molecule has 0 saturated heterocycles. The molecule has 0 aliphatic heterocycles. The summed E-state index contributed by atoms with van der Waals surface area (Å²) in [5, 5.41) is 34.0. The van der Waals surface area contributed by atoms with Gasteiger partial charge in [-0.25, -0.2) is 0 Å². The van der Waals surface area contributed by atoms with Gasteiger partial charge in [-0.3, -0.25) is 39.0 Å². The lowest BCUT2D eigenvalue weighted by Crippen LogP contribution is -2.74. The maximum Gasteiger partial charge on any atom is 0.269 e. The van der Waals surface area contributed by atoms with Gasteiger partial charge in [-0.1, -0.05) is 11.8 Å². The van der Waals surface area contributed by atoms with Gasteiger partial charge in [-0.2, -0.15) is 0 Å². The van der Waals surface area contributed by atoms with Crippen molar-refractivity contribution >= 4 is 40.4 Å². The van der Waals surface area contributed by atoms with Crippen molar-refractivity contribution in [2.75, 3.05) is 33.1 Å². The van der Waals surface area contributed by atoms with Crippen LogP contribution in [0.1, 0.15) is 33.5 Å². The number of amides is 1. The van der Waals surface area contributed by atoms with Crippen molar-refractivity contribution in [3.05, 3.63) is 62.7 Å². The number of fused-ring (bicyclic) bond motifs is 3. The van der Waals surface area contributed by atoms with E-state index in [0.29, 0.717) is 16.8 Å². The van der Waals surface area contributed by atoms with Crippen molar-refractivity contribution in [1.82, 2.24) is 4.90 Å². The Morgan fingerprint density at radius 1 is 1.07 bits per heavy atom. The van der Waals surface area contributed by atoms with Crippen LogP contribution in [-0.4, -0.2) is 88.9 Å². The molecule has 13 nitrogen and oxygen atoms in total. The molecule has 3 aliphatic carbocycles. The highest BCUT2D eigenvalue weighted by Gasteiger charge is 2.69. The summed E-state index contributed by atoms with van der Waals surface area (Å²) < 4.78 is 0. The summed E-state index contributed by atoms with van der Waals surface area (Å²) in [6.07, 6.45) is 0.0577. The minimum absolute atomic E-state index is 0.0539. The molecule has 0 spiro atoms. The lowest BCUT2D eigenvalue weighted by Gasteiger charge is -2.52. The SMILES string of the molecule is CN(C)c1cc(C#Cc2ccc([N+](=O)[O-])cc2)c(O)c2c1C[C@H]1C[C@H]3[C@H](N(C)C)C(=O)C(C(N)=O)C(=O)[C@@]3(O)C(=O)C1C2=O. The van der Waals surface area contributed by atoms with E-state index in [-0.39, 0.29) is 29.7 Å². The molecule has 5 rings (SSSR count). The Labute approximate surface area is 251 Å². The van der Waals surface area contributed by atoms with Crippen LogP contribution in [0.4, 0.5) is 11.4 Å². The smallest absolute Gasteiger partial charge is 0.269 e. The van der Waals surface area contributed by atoms with Crippen molar-refractivity contribution in [1.29, 1.82) is 0 Å². The molecule has 2 saturated carbocycles. The van der Waals surface area contributed by atoms with E-state index in [0.717, 1.165) is 0 Å². The van der Waals surface area contributed by atoms with E-state index < -0.39 is 75.0 Å². The molecule has 1 amide bonds. The minimum Gasteiger partial charge on any atom is -0.506 e. The van der Waals surface area contributed by atoms with Gasteiger partial charge in [0.25, 0.3) is 5.69 Å². The summed E-state index contributed by atoms with van der Waals surface area (Å²) in [4.78, 5) is 80.6. The molecule has 0 radical (unpaired) electrons. The zero-order valence-electron chi connectivity index (χ0n) is 24.4. The van der Waals surface area contributed by atoms with Gasteiger partial charge >= 0.3 is 0 Å². The third-order valence-corrected chi connectivity index (χ3v) is 8.94. The molecule has 0 heterocycles. The number of ketones is 4. The third kappa shape index (κ3) is 4.45. The third-order valence-electron chi connectivity index (χ3n) is 8.94. The number of non-ortho nitro benzene ring substituents is 1. The monoisotopic (exact) mass is 602 g/mol. The van der Waals surface area contributed by atoms with E-state index in [4.69, 9.17) is 5.73 Å². The average Bonchev–Trinajstić information content (AvgIpc) is 2.94. The fraction of sp³-hybridized carbons (Fsp3) is 0.387. The van der Waals surface area contributed by atoms with Gasteiger partial charge in [0, 0.05) is 43.4 Å². The quantitative estimate of drug-likeness (QED) is 0.187. The number of nitro benzene ring substituents is 1. The van der Waals surface area contributed by atoms with Crippen molar-refractivity contribution in [3.63, 3.8) is 0 Å². The number of Topliss-reactive ketones (excluding diaryl/α,β-unsaturated/α-hetero) is 4. The first-order valence-corrected chi connectivity index (χ1v) is 13.8. The van der Waals surface area contributed by atoms with Gasteiger partial charge in [0.15, 0.2) is 34.7 Å². The molecular formula is C31H30N4O9. The number of primary amides is 1. The van der Waals surface area contributed by atoms with Crippen LogP contribution in [0.15, 0.2) is 30.3 Å². The number of hydrogen-bond acceptors (Lipinski definition) is 11. The van der Waals surface area contributed by atoms with E-state index >= 15 is 0 Å². The van der Waals surface area contributed by atoms with Crippen LogP contribution < -0.4 is 10.6 Å². The van der Waals surface area contributed by atoms with E-state index in [2.05, 4.69) is 11.8 Å². The molecule has 0 bridgehead atoms. The highest BCUT2D eigenvalue weighted by molar-refractivity contribution is 6.32. The van der Waals surface area contributed by atoms with Crippen LogP contribution in [0.2, 0.25) is 0 Å². The Morgan fingerprint density at radius 3 is 2.25 bits per heavy atom. The van der Waals surface area contributed by atoms with Crippen molar-refractivity contribution in [2.24, 2.45) is 29.4 Å². The van der Waals surface area contributed by atoms with E-state index in [9.17, 15) is 44.3 Å². The Kier molecular flexibility index (Phi) is 7.39. The molecule has 3 aliphatic rings. The number of nitrogens with zero attached hydrogens (tertiary/aromatic N) is 3. The van der Waals surface area contributed by atoms with Gasteiger partial charge in [-0.05, 0) is 56.6 Å². The molecule has 0 aromatic heterocycles. The number of phenols is 1. The minimum atomic E-state index is -2.82. The lowest BCUT2D eigenvalue weighted by atomic mass is 9.52. The molecule has 13 heteroatoms. The van der Waals surface area contributed by atoms with Crippen molar-refractivity contribution < 1.29 is 39.1 Å². The highest BCUT2D eigenvalue weighted by Crippen LogP contribution is 2.52. The van der Waals surface area contributed by atoms with Gasteiger partial charge < -0.3 is 20.8 Å². The predicted molar refractivity (Wildman–Crippen MR) is 155 cm³/mol. The molecule has 44 heavy (non-hydrogen) atoms. The number of hydrogen-bond donors (Lipinski definition) is 3. The Morgan fingerprint density at radius 2 is 1.70 bits per heavy atom. The number of carbonyl (C=O) groups excluding carboxylic acids is 5. The van der Waals surface area contributed by atoms with Gasteiger partial charge in [0.05, 0.1) is 28.0 Å². The molecule has 4 N–H and O–H groups in total. The summed E-state index contributed by atoms with van der Waals surface area (Å²) in [5.74, 6) is -5.77. The second-order valence-electron chi connectivity index (χ2n) is 11.9. The number of nitrogens with two attached hydrogens (primary N) is 1. The maximum absolute atomic E-state index is 14.1. The summed E-state index contributed by atoms with van der Waals surface area (Å²) >= 11 is 0. The molecule has 2 fully saturated rings. The molecular weight excluding hydrogens is 572 g/mol. The Bertz CT molecular complexity index is 1720. The number of aliphatic hydroxyl groups is 1. The zero-order valence-corrected chi connectivity index (χ0v) is 24.4. The number of aromatic hydroxyl groups is 1. The lowest BCUT2D eigenvalue weighted by molar-refractivity contribution is -0.384.